The number of likely N-dealkylation sites (tertiary alicyclic amines) is 1. The first-order chi connectivity index (χ1) is 8.06. The van der Waals surface area contributed by atoms with E-state index in [2.05, 4.69) is 4.90 Å². The minimum absolute atomic E-state index is 0.226. The van der Waals surface area contributed by atoms with Crippen LogP contribution in [0.2, 0.25) is 5.02 Å². The number of anilines is 1. The van der Waals surface area contributed by atoms with E-state index in [4.69, 9.17) is 17.3 Å². The summed E-state index contributed by atoms with van der Waals surface area (Å²) in [6.07, 6.45) is 0.828. The minimum Gasteiger partial charge on any atom is -0.399 e. The molecule has 0 radical (unpaired) electrons. The summed E-state index contributed by atoms with van der Waals surface area (Å²) in [7, 11) is 0. The molecule has 2 rings (SSSR count). The summed E-state index contributed by atoms with van der Waals surface area (Å²) in [5.74, 6) is 0.384. The minimum atomic E-state index is -0.226. The summed E-state index contributed by atoms with van der Waals surface area (Å²) in [5.41, 5.74) is 7.57. The molecule has 3 N–H and O–H groups in total. The van der Waals surface area contributed by atoms with Crippen molar-refractivity contribution in [3.05, 3.63) is 28.8 Å². The van der Waals surface area contributed by atoms with Crippen LogP contribution >= 0.6 is 11.6 Å². The maximum atomic E-state index is 9.56. The molecular formula is C13H19ClN2O. The molecule has 3 nitrogen and oxygen atoms in total. The molecule has 0 spiro atoms. The van der Waals surface area contributed by atoms with Gasteiger partial charge in [0.05, 0.1) is 6.10 Å². The second kappa shape index (κ2) is 5.25. The van der Waals surface area contributed by atoms with Crippen LogP contribution in [0.3, 0.4) is 0 Å². The number of rotatable bonds is 3. The smallest absolute Gasteiger partial charge is 0.0552 e. The number of aliphatic hydroxyl groups is 1. The zero-order valence-corrected chi connectivity index (χ0v) is 10.8. The molecule has 0 aliphatic carbocycles. The second-order valence-electron chi connectivity index (χ2n) is 4.88. The summed E-state index contributed by atoms with van der Waals surface area (Å²) in [5, 5.41) is 10.3. The summed E-state index contributed by atoms with van der Waals surface area (Å²) in [6, 6.07) is 5.58. The van der Waals surface area contributed by atoms with Gasteiger partial charge in [-0.3, -0.25) is 4.90 Å². The van der Waals surface area contributed by atoms with Gasteiger partial charge in [-0.25, -0.2) is 0 Å². The lowest BCUT2D eigenvalue weighted by Crippen LogP contribution is -2.24. The highest BCUT2D eigenvalue weighted by atomic mass is 35.5. The fourth-order valence-electron chi connectivity index (χ4n) is 2.36. The molecule has 2 atom stereocenters. The Labute approximate surface area is 107 Å². The van der Waals surface area contributed by atoms with Crippen molar-refractivity contribution in [1.82, 2.24) is 4.90 Å². The SMILES string of the molecule is CC(O)C1CCN(Cc2cc(N)ccc2Cl)C1. The Morgan fingerprint density at radius 3 is 3.00 bits per heavy atom. The van der Waals surface area contributed by atoms with Crippen molar-refractivity contribution < 1.29 is 5.11 Å². The van der Waals surface area contributed by atoms with Crippen molar-refractivity contribution in [3.8, 4) is 0 Å². The highest BCUT2D eigenvalue weighted by Gasteiger charge is 2.26. The van der Waals surface area contributed by atoms with E-state index in [1.54, 1.807) is 0 Å². The van der Waals surface area contributed by atoms with Gasteiger partial charge in [-0.1, -0.05) is 11.6 Å². The predicted octanol–water partition coefficient (Wildman–Crippen LogP) is 2.12. The number of hydrogen-bond acceptors (Lipinski definition) is 3. The third kappa shape index (κ3) is 3.12. The molecule has 0 bridgehead atoms. The summed E-state index contributed by atoms with van der Waals surface area (Å²) in [6.45, 7) is 4.62. The predicted molar refractivity (Wildman–Crippen MR) is 70.9 cm³/mol. The van der Waals surface area contributed by atoms with E-state index in [1.165, 1.54) is 0 Å². The van der Waals surface area contributed by atoms with Crippen LogP contribution in [0.4, 0.5) is 5.69 Å². The molecule has 4 heteroatoms. The molecule has 1 aliphatic rings. The Hall–Kier alpha value is -0.770. The van der Waals surface area contributed by atoms with Gasteiger partial charge in [-0.05, 0) is 49.6 Å². The van der Waals surface area contributed by atoms with Crippen LogP contribution in [0.1, 0.15) is 18.9 Å². The molecule has 1 saturated heterocycles. The molecule has 0 amide bonds. The van der Waals surface area contributed by atoms with Gasteiger partial charge < -0.3 is 10.8 Å². The fraction of sp³-hybridized carbons (Fsp3) is 0.538. The van der Waals surface area contributed by atoms with Crippen molar-refractivity contribution in [1.29, 1.82) is 0 Å². The number of benzene rings is 1. The van der Waals surface area contributed by atoms with Crippen LogP contribution in [0.5, 0.6) is 0 Å². The van der Waals surface area contributed by atoms with Crippen molar-refractivity contribution in [2.24, 2.45) is 5.92 Å². The van der Waals surface area contributed by atoms with Gasteiger partial charge in [0.15, 0.2) is 0 Å². The number of nitrogen functional groups attached to an aromatic ring is 1. The third-order valence-corrected chi connectivity index (χ3v) is 3.82. The fourth-order valence-corrected chi connectivity index (χ4v) is 2.53. The largest absolute Gasteiger partial charge is 0.399 e. The van der Waals surface area contributed by atoms with Gasteiger partial charge in [0.25, 0.3) is 0 Å². The summed E-state index contributed by atoms with van der Waals surface area (Å²) in [4.78, 5) is 2.32. The molecule has 1 fully saturated rings. The first-order valence-electron chi connectivity index (χ1n) is 6.00. The van der Waals surface area contributed by atoms with E-state index in [-0.39, 0.29) is 6.10 Å². The summed E-state index contributed by atoms with van der Waals surface area (Å²) >= 11 is 6.14. The van der Waals surface area contributed by atoms with Crippen LogP contribution in [0.15, 0.2) is 18.2 Å². The molecule has 1 aromatic rings. The molecule has 1 aromatic carbocycles. The van der Waals surface area contributed by atoms with Gasteiger partial charge in [-0.15, -0.1) is 0 Å². The lowest BCUT2D eigenvalue weighted by atomic mass is 10.0. The Morgan fingerprint density at radius 1 is 1.59 bits per heavy atom. The lowest BCUT2D eigenvalue weighted by Gasteiger charge is -2.18. The normalized spacial score (nSPS) is 22.9. The first kappa shape index (κ1) is 12.7. The average molecular weight is 255 g/mol. The third-order valence-electron chi connectivity index (χ3n) is 3.45. The molecular weight excluding hydrogens is 236 g/mol. The number of hydrogen-bond donors (Lipinski definition) is 2. The quantitative estimate of drug-likeness (QED) is 0.813. The molecule has 2 unspecified atom stereocenters. The van der Waals surface area contributed by atoms with E-state index in [0.29, 0.717) is 5.92 Å². The highest BCUT2D eigenvalue weighted by molar-refractivity contribution is 6.31. The lowest BCUT2D eigenvalue weighted by molar-refractivity contribution is 0.127. The number of halogens is 1. The summed E-state index contributed by atoms with van der Waals surface area (Å²) < 4.78 is 0. The number of nitrogens with two attached hydrogens (primary N) is 1. The van der Waals surface area contributed by atoms with Crippen molar-refractivity contribution in [2.45, 2.75) is 26.0 Å². The van der Waals surface area contributed by atoms with Crippen LogP contribution < -0.4 is 5.73 Å². The Balaban J connectivity index is 2.00. The van der Waals surface area contributed by atoms with E-state index in [0.717, 1.165) is 42.3 Å². The molecule has 0 aromatic heterocycles. The van der Waals surface area contributed by atoms with Crippen LogP contribution in [-0.2, 0) is 6.54 Å². The molecule has 94 valence electrons. The van der Waals surface area contributed by atoms with E-state index in [1.807, 2.05) is 25.1 Å². The zero-order valence-electron chi connectivity index (χ0n) is 10.1. The number of nitrogens with zero attached hydrogens (tertiary/aromatic N) is 1. The van der Waals surface area contributed by atoms with Crippen LogP contribution in [0, 0.1) is 5.92 Å². The van der Waals surface area contributed by atoms with Crippen molar-refractivity contribution in [2.75, 3.05) is 18.8 Å². The van der Waals surface area contributed by atoms with Crippen molar-refractivity contribution >= 4 is 17.3 Å². The standard InChI is InChI=1S/C13H19ClN2O/c1-9(17)10-4-5-16(7-10)8-11-6-12(15)2-3-13(11)14/h2-3,6,9-10,17H,4-5,7-8,15H2,1H3. The molecule has 0 saturated carbocycles. The van der Waals surface area contributed by atoms with Crippen molar-refractivity contribution in [3.63, 3.8) is 0 Å². The number of aliphatic hydroxyl groups excluding tert-OH is 1. The van der Waals surface area contributed by atoms with E-state index < -0.39 is 0 Å². The van der Waals surface area contributed by atoms with Crippen LogP contribution in [-0.4, -0.2) is 29.2 Å². The van der Waals surface area contributed by atoms with Gasteiger partial charge in [0.1, 0.15) is 0 Å². The van der Waals surface area contributed by atoms with E-state index in [9.17, 15) is 5.11 Å². The first-order valence-corrected chi connectivity index (χ1v) is 6.38. The Kier molecular flexibility index (Phi) is 3.92. The molecule has 1 heterocycles. The zero-order chi connectivity index (χ0) is 12.4. The maximum absolute atomic E-state index is 9.56. The maximum Gasteiger partial charge on any atom is 0.0552 e. The highest BCUT2D eigenvalue weighted by Crippen LogP contribution is 2.25. The Morgan fingerprint density at radius 2 is 2.35 bits per heavy atom. The van der Waals surface area contributed by atoms with E-state index >= 15 is 0 Å². The average Bonchev–Trinajstić information content (AvgIpc) is 2.72. The van der Waals surface area contributed by atoms with Gasteiger partial charge in [-0.2, -0.15) is 0 Å². The molecule has 17 heavy (non-hydrogen) atoms. The van der Waals surface area contributed by atoms with Gasteiger partial charge >= 0.3 is 0 Å². The topological polar surface area (TPSA) is 49.5 Å². The molecule has 1 aliphatic heterocycles. The van der Waals surface area contributed by atoms with Gasteiger partial charge in [0.2, 0.25) is 0 Å². The van der Waals surface area contributed by atoms with Gasteiger partial charge in [0, 0.05) is 23.8 Å². The Bertz CT molecular complexity index is 395. The monoisotopic (exact) mass is 254 g/mol. The van der Waals surface area contributed by atoms with Crippen LogP contribution in [0.25, 0.3) is 0 Å². The second-order valence-corrected chi connectivity index (χ2v) is 5.28.